The summed E-state index contributed by atoms with van der Waals surface area (Å²) >= 11 is 0. The molecule has 0 aliphatic heterocycles. The van der Waals surface area contributed by atoms with E-state index in [1.807, 2.05) is 65.1 Å². The van der Waals surface area contributed by atoms with Gasteiger partial charge < -0.3 is 17.0 Å². The maximum Gasteiger partial charge on any atom is 0.213 e. The minimum atomic E-state index is -3.33. The van der Waals surface area contributed by atoms with Gasteiger partial charge >= 0.3 is 0 Å². The summed E-state index contributed by atoms with van der Waals surface area (Å²) in [7, 11) is -1.87. The van der Waals surface area contributed by atoms with Crippen molar-refractivity contribution >= 4 is 30.9 Å². The molecule has 0 atom stereocenters. The average molecular weight is 487 g/mol. The lowest BCUT2D eigenvalue weighted by atomic mass is 10.0. The van der Waals surface area contributed by atoms with E-state index in [1.54, 1.807) is 0 Å². The van der Waals surface area contributed by atoms with Gasteiger partial charge in [-0.3, -0.25) is 0 Å². The van der Waals surface area contributed by atoms with E-state index in [-0.39, 0.29) is 23.9 Å². The number of rotatable bonds is 9. The Hall–Kier alpha value is -1.98. The first-order valence-corrected chi connectivity index (χ1v) is 12.8. The molecule has 170 valence electrons. The number of benzene rings is 1. The summed E-state index contributed by atoms with van der Waals surface area (Å²) in [6, 6.07) is 9.82. The Morgan fingerprint density at radius 1 is 0.935 bits per heavy atom. The van der Waals surface area contributed by atoms with Gasteiger partial charge in [0.1, 0.15) is 7.05 Å². The normalized spacial score (nSPS) is 12.1. The maximum atomic E-state index is 11.9. The maximum absolute atomic E-state index is 11.9. The molecule has 1 aromatic carbocycles. The molecular weight excluding hydrogens is 460 g/mol. The van der Waals surface area contributed by atoms with Crippen molar-refractivity contribution in [3.05, 3.63) is 54.5 Å². The molecule has 2 heterocycles. The molecule has 0 saturated carbocycles. The number of aromatic nitrogens is 2. The Labute approximate surface area is 189 Å². The van der Waals surface area contributed by atoms with Crippen LogP contribution in [0.15, 0.2) is 48.9 Å². The van der Waals surface area contributed by atoms with E-state index in [2.05, 4.69) is 9.44 Å². The van der Waals surface area contributed by atoms with Gasteiger partial charge in [0.05, 0.1) is 11.5 Å². The summed E-state index contributed by atoms with van der Waals surface area (Å²) < 4.78 is 55.9. The Morgan fingerprint density at radius 3 is 2.16 bits per heavy atom. The zero-order chi connectivity index (χ0) is 21.9. The molecule has 0 aliphatic rings. The number of sulfonamides is 2. The predicted molar refractivity (Wildman–Crippen MR) is 118 cm³/mol. The summed E-state index contributed by atoms with van der Waals surface area (Å²) in [5.74, 6) is -0.0226. The van der Waals surface area contributed by atoms with Crippen molar-refractivity contribution in [3.8, 4) is 11.1 Å². The fourth-order valence-corrected chi connectivity index (χ4v) is 4.62. The highest BCUT2D eigenvalue weighted by atomic mass is 35.5. The monoisotopic (exact) mass is 486 g/mol. The van der Waals surface area contributed by atoms with Crippen molar-refractivity contribution < 1.29 is 33.8 Å². The number of hydrogen-bond donors (Lipinski definition) is 2. The molecule has 0 radical (unpaired) electrons. The Balaban J connectivity index is 0.00000341. The first-order valence-electron chi connectivity index (χ1n) is 9.54. The van der Waals surface area contributed by atoms with Crippen molar-refractivity contribution in [3.63, 3.8) is 0 Å². The highest BCUT2D eigenvalue weighted by Crippen LogP contribution is 2.31. The van der Waals surface area contributed by atoms with Gasteiger partial charge in [0.2, 0.25) is 20.0 Å². The molecule has 0 spiro atoms. The number of pyridine rings is 1. The zero-order valence-electron chi connectivity index (χ0n) is 17.7. The lowest BCUT2D eigenvalue weighted by molar-refractivity contribution is -0.671. The second-order valence-corrected chi connectivity index (χ2v) is 11.2. The molecule has 2 N–H and O–H groups in total. The van der Waals surface area contributed by atoms with Crippen LogP contribution in [0.5, 0.6) is 0 Å². The molecule has 0 unspecified atom stereocenters. The molecule has 31 heavy (non-hydrogen) atoms. The molecular formula is C20H27ClN4O4S2. The third kappa shape index (κ3) is 6.27. The quantitative estimate of drug-likeness (QED) is 0.334. The molecule has 0 amide bonds. The van der Waals surface area contributed by atoms with E-state index in [9.17, 15) is 16.8 Å². The third-order valence-corrected chi connectivity index (χ3v) is 7.82. The van der Waals surface area contributed by atoms with Crippen LogP contribution in [-0.2, 0) is 40.1 Å². The Kier molecular flexibility index (Phi) is 8.23. The molecule has 0 fully saturated rings. The van der Waals surface area contributed by atoms with E-state index in [0.717, 1.165) is 27.6 Å². The summed E-state index contributed by atoms with van der Waals surface area (Å²) in [5.41, 5.74) is 3.80. The van der Waals surface area contributed by atoms with Crippen molar-refractivity contribution in [2.75, 3.05) is 25.6 Å². The lowest BCUT2D eigenvalue weighted by Gasteiger charge is -2.07. The van der Waals surface area contributed by atoms with Crippen LogP contribution in [0.2, 0.25) is 0 Å². The molecule has 0 bridgehead atoms. The smallest absolute Gasteiger partial charge is 0.213 e. The van der Waals surface area contributed by atoms with Crippen LogP contribution in [-0.4, -0.2) is 47.0 Å². The average Bonchev–Trinajstić information content (AvgIpc) is 3.09. The molecule has 3 rings (SSSR count). The van der Waals surface area contributed by atoms with Crippen LogP contribution in [0, 0.1) is 0 Å². The fraction of sp³-hybridized carbons (Fsp3) is 0.350. The molecule has 11 heteroatoms. The van der Waals surface area contributed by atoms with Gasteiger partial charge in [0.25, 0.3) is 0 Å². The van der Waals surface area contributed by atoms with Crippen LogP contribution in [0.25, 0.3) is 22.0 Å². The van der Waals surface area contributed by atoms with Gasteiger partial charge in [-0.1, -0.05) is 6.07 Å². The summed E-state index contributed by atoms with van der Waals surface area (Å²) in [4.78, 5) is 0. The van der Waals surface area contributed by atoms with E-state index < -0.39 is 20.0 Å². The van der Waals surface area contributed by atoms with Gasteiger partial charge in [0.15, 0.2) is 12.4 Å². The Morgan fingerprint density at radius 2 is 1.55 bits per heavy atom. The van der Waals surface area contributed by atoms with Gasteiger partial charge in [-0.25, -0.2) is 30.8 Å². The minimum absolute atomic E-state index is 0. The van der Waals surface area contributed by atoms with Gasteiger partial charge in [-0.2, -0.15) is 0 Å². The molecule has 0 saturated heterocycles. The van der Waals surface area contributed by atoms with Crippen LogP contribution in [0.1, 0.15) is 5.56 Å². The van der Waals surface area contributed by atoms with E-state index >= 15 is 0 Å². The zero-order valence-corrected chi connectivity index (χ0v) is 20.1. The second-order valence-electron chi connectivity index (χ2n) is 7.14. The number of aryl methyl sites for hydroxylation is 3. The second kappa shape index (κ2) is 10.1. The molecule has 8 nitrogen and oxygen atoms in total. The SMILES string of the molecule is CNS(=O)(=O)CCc1ccc2c(c1)c(-c1cc[n+](C)cc1)cn2CCS(=O)(=O)NC.[Cl-]. The largest absolute Gasteiger partial charge is 1.00 e. The van der Waals surface area contributed by atoms with Crippen LogP contribution in [0.4, 0.5) is 0 Å². The van der Waals surface area contributed by atoms with E-state index in [1.165, 1.54) is 14.1 Å². The molecule has 0 aliphatic carbocycles. The highest BCUT2D eigenvalue weighted by Gasteiger charge is 2.15. The van der Waals surface area contributed by atoms with Gasteiger partial charge in [-0.15, -0.1) is 0 Å². The summed E-state index contributed by atoms with van der Waals surface area (Å²) in [6.07, 6.45) is 6.25. The minimum Gasteiger partial charge on any atom is -1.00 e. The van der Waals surface area contributed by atoms with Crippen molar-refractivity contribution in [1.82, 2.24) is 14.0 Å². The van der Waals surface area contributed by atoms with Crippen LogP contribution in [0.3, 0.4) is 0 Å². The first kappa shape index (κ1) is 25.3. The number of fused-ring (bicyclic) bond motifs is 1. The molecule has 3 aromatic rings. The van der Waals surface area contributed by atoms with Crippen molar-refractivity contribution in [2.24, 2.45) is 7.05 Å². The van der Waals surface area contributed by atoms with Crippen LogP contribution >= 0.6 is 0 Å². The van der Waals surface area contributed by atoms with Gasteiger partial charge in [0, 0.05) is 41.3 Å². The third-order valence-electron chi connectivity index (χ3n) is 5.12. The van der Waals surface area contributed by atoms with Crippen molar-refractivity contribution in [1.29, 1.82) is 0 Å². The topological polar surface area (TPSA) is 101 Å². The number of hydrogen-bond acceptors (Lipinski definition) is 4. The summed E-state index contributed by atoms with van der Waals surface area (Å²) in [5, 5.41) is 0.963. The number of halogens is 1. The first-order chi connectivity index (χ1) is 14.1. The number of nitrogens with zero attached hydrogens (tertiary/aromatic N) is 2. The summed E-state index contributed by atoms with van der Waals surface area (Å²) in [6.45, 7) is 0.313. The standard InChI is InChI=1S/C20H27N4O4S2.ClH/c1-21-29(25,26)12-8-16-4-5-20-18(14-16)19(17-6-9-23(3)10-7-17)15-24(20)11-13-30(27,28)22-2;/h4-7,9-10,14-15,21-22H,8,11-13H2,1-3H3;1H/q+1;/p-1. The lowest BCUT2D eigenvalue weighted by Crippen LogP contribution is -3.00. The predicted octanol–water partition coefficient (Wildman–Crippen LogP) is -2.22. The van der Waals surface area contributed by atoms with Crippen molar-refractivity contribution in [2.45, 2.75) is 13.0 Å². The molecule has 2 aromatic heterocycles. The van der Waals surface area contributed by atoms with E-state index in [4.69, 9.17) is 0 Å². The highest BCUT2D eigenvalue weighted by molar-refractivity contribution is 7.89. The van der Waals surface area contributed by atoms with Gasteiger partial charge in [-0.05, 0) is 43.8 Å². The van der Waals surface area contributed by atoms with Crippen LogP contribution < -0.4 is 26.4 Å². The Bertz CT molecular complexity index is 1250. The number of nitrogens with one attached hydrogen (secondary N) is 2. The fourth-order valence-electron chi connectivity index (χ4n) is 3.27. The van der Waals surface area contributed by atoms with E-state index in [0.29, 0.717) is 13.0 Å².